The number of thiophene rings is 1. The van der Waals surface area contributed by atoms with Gasteiger partial charge in [-0.05, 0) is 50.1 Å². The van der Waals surface area contributed by atoms with Crippen molar-refractivity contribution in [3.8, 4) is 22.5 Å². The molecule has 1 radical (unpaired) electrons. The molecule has 0 spiro atoms. The fourth-order valence-electron chi connectivity index (χ4n) is 4.95. The molecule has 42 heavy (non-hydrogen) atoms. The van der Waals surface area contributed by atoms with Crippen molar-refractivity contribution < 1.29 is 20.1 Å². The maximum Gasteiger partial charge on any atom is 0.0794 e. The summed E-state index contributed by atoms with van der Waals surface area (Å²) < 4.78 is 2.75. The molecular formula is C37H38IrN2SSi-2. The Morgan fingerprint density at radius 1 is 0.690 bits per heavy atom. The molecule has 3 aromatic carbocycles. The SMILES string of the molecule is CC(C)c1ccc(-c2[c-]cccc2)nc1.CC(C)c1ccnc(-c2[c-]ccc3c2sc2c([Si](C)(C)C)cccc23)c1.[Ir]. The standard InChI is InChI=1S/C23H24NSSi.C14H14N.Ir/c1-15(2)16-12-13-24-20(14-16)19-10-6-8-17-18-9-7-11-21(26(3,4)5)23(18)25-22(17)19;1-11(2)13-8-9-14(15-10-13)12-6-4-3-5-7-12;/h6-9,11-15H,1-5H3;3-6,8-11H,1-2H3;/q2*-1;. The summed E-state index contributed by atoms with van der Waals surface area (Å²) in [6.07, 6.45) is 3.87. The van der Waals surface area contributed by atoms with Crippen LogP contribution in [0.4, 0.5) is 0 Å². The number of benzene rings is 3. The number of fused-ring (bicyclic) bond motifs is 3. The minimum Gasteiger partial charge on any atom is -0.305 e. The van der Waals surface area contributed by atoms with Crippen LogP contribution in [-0.4, -0.2) is 18.0 Å². The molecule has 0 aliphatic carbocycles. The Morgan fingerprint density at radius 2 is 1.45 bits per heavy atom. The minimum absolute atomic E-state index is 0. The molecule has 0 bridgehead atoms. The van der Waals surface area contributed by atoms with Gasteiger partial charge in [-0.3, -0.25) is 0 Å². The summed E-state index contributed by atoms with van der Waals surface area (Å²) in [6.45, 7) is 16.1. The van der Waals surface area contributed by atoms with E-state index < -0.39 is 8.07 Å². The van der Waals surface area contributed by atoms with Gasteiger partial charge in [0.2, 0.25) is 0 Å². The summed E-state index contributed by atoms with van der Waals surface area (Å²) in [6, 6.07) is 34.1. The van der Waals surface area contributed by atoms with Crippen LogP contribution < -0.4 is 5.19 Å². The van der Waals surface area contributed by atoms with Gasteiger partial charge in [-0.2, -0.15) is 11.3 Å². The van der Waals surface area contributed by atoms with Crippen molar-refractivity contribution in [3.05, 3.63) is 115 Å². The van der Waals surface area contributed by atoms with Crippen molar-refractivity contribution in [1.29, 1.82) is 0 Å². The molecule has 0 N–H and O–H groups in total. The van der Waals surface area contributed by atoms with Gasteiger partial charge in [-0.25, -0.2) is 0 Å². The van der Waals surface area contributed by atoms with E-state index in [2.05, 4.69) is 124 Å². The fraction of sp³-hybridized carbons (Fsp3) is 0.243. The molecule has 0 saturated heterocycles. The summed E-state index contributed by atoms with van der Waals surface area (Å²) in [5.41, 5.74) is 6.79. The average molecular weight is 763 g/mol. The first-order valence-corrected chi connectivity index (χ1v) is 18.7. The van der Waals surface area contributed by atoms with E-state index in [-0.39, 0.29) is 20.1 Å². The third-order valence-corrected chi connectivity index (χ3v) is 10.9. The Bertz CT molecular complexity index is 1770. The second-order valence-corrected chi connectivity index (χ2v) is 18.2. The van der Waals surface area contributed by atoms with E-state index >= 15 is 0 Å². The third-order valence-electron chi connectivity index (χ3n) is 7.41. The van der Waals surface area contributed by atoms with Gasteiger partial charge in [0.15, 0.2) is 0 Å². The Balaban J connectivity index is 0.000000216. The Kier molecular flexibility index (Phi) is 10.3. The summed E-state index contributed by atoms with van der Waals surface area (Å²) in [5.74, 6) is 1.03. The molecule has 3 heterocycles. The quantitative estimate of drug-likeness (QED) is 0.129. The van der Waals surface area contributed by atoms with Crippen molar-refractivity contribution >= 4 is 44.8 Å². The molecule has 217 valence electrons. The van der Waals surface area contributed by atoms with Gasteiger partial charge in [0, 0.05) is 37.2 Å². The van der Waals surface area contributed by atoms with Gasteiger partial charge in [0.25, 0.3) is 0 Å². The number of pyridine rings is 2. The van der Waals surface area contributed by atoms with E-state index in [0.717, 1.165) is 22.5 Å². The maximum absolute atomic E-state index is 4.67. The zero-order chi connectivity index (χ0) is 29.1. The molecule has 0 amide bonds. The van der Waals surface area contributed by atoms with E-state index in [1.807, 2.05) is 48.0 Å². The monoisotopic (exact) mass is 763 g/mol. The van der Waals surface area contributed by atoms with Crippen LogP contribution in [0.25, 0.3) is 42.7 Å². The van der Waals surface area contributed by atoms with Crippen LogP contribution in [0.2, 0.25) is 19.6 Å². The van der Waals surface area contributed by atoms with E-state index in [1.165, 1.54) is 31.3 Å². The van der Waals surface area contributed by atoms with Gasteiger partial charge in [-0.15, -0.1) is 59.7 Å². The molecule has 0 fully saturated rings. The van der Waals surface area contributed by atoms with Crippen molar-refractivity contribution in [2.24, 2.45) is 0 Å². The summed E-state index contributed by atoms with van der Waals surface area (Å²) in [4.78, 5) is 9.11. The van der Waals surface area contributed by atoms with Crippen molar-refractivity contribution in [2.45, 2.75) is 59.2 Å². The van der Waals surface area contributed by atoms with Crippen molar-refractivity contribution in [1.82, 2.24) is 9.97 Å². The first kappa shape index (κ1) is 32.0. The second kappa shape index (κ2) is 13.6. The van der Waals surface area contributed by atoms with Crippen molar-refractivity contribution in [3.63, 3.8) is 0 Å². The molecule has 6 aromatic rings. The van der Waals surface area contributed by atoms with Crippen LogP contribution in [0, 0.1) is 12.1 Å². The van der Waals surface area contributed by atoms with E-state index in [4.69, 9.17) is 0 Å². The Labute approximate surface area is 269 Å². The van der Waals surface area contributed by atoms with E-state index in [1.54, 1.807) is 5.19 Å². The Hall–Kier alpha value is -2.95. The fourth-order valence-corrected chi connectivity index (χ4v) is 8.65. The molecule has 2 nitrogen and oxygen atoms in total. The van der Waals surface area contributed by atoms with Crippen LogP contribution >= 0.6 is 11.3 Å². The van der Waals surface area contributed by atoms with Crippen LogP contribution in [0.1, 0.15) is 50.7 Å². The van der Waals surface area contributed by atoms with Gasteiger partial charge in [0.05, 0.1) is 8.07 Å². The molecule has 0 unspecified atom stereocenters. The predicted octanol–water partition coefficient (Wildman–Crippen LogP) is 10.3. The molecule has 0 saturated carbocycles. The van der Waals surface area contributed by atoms with Crippen LogP contribution in [0.5, 0.6) is 0 Å². The molecule has 6 rings (SSSR count). The number of rotatable bonds is 5. The number of aromatic nitrogens is 2. The maximum atomic E-state index is 4.67. The van der Waals surface area contributed by atoms with E-state index in [9.17, 15) is 0 Å². The minimum atomic E-state index is -1.40. The predicted molar refractivity (Wildman–Crippen MR) is 181 cm³/mol. The molecule has 5 heteroatoms. The Morgan fingerprint density at radius 3 is 2.10 bits per heavy atom. The summed E-state index contributed by atoms with van der Waals surface area (Å²) in [7, 11) is -1.40. The summed E-state index contributed by atoms with van der Waals surface area (Å²) >= 11 is 1.91. The normalized spacial score (nSPS) is 11.5. The average Bonchev–Trinajstić information content (AvgIpc) is 3.36. The zero-order valence-corrected chi connectivity index (χ0v) is 29.7. The molecular weight excluding hydrogens is 725 g/mol. The van der Waals surface area contributed by atoms with Crippen LogP contribution in [-0.2, 0) is 20.1 Å². The number of hydrogen-bond acceptors (Lipinski definition) is 3. The molecule has 3 aromatic heterocycles. The third kappa shape index (κ3) is 6.98. The molecule has 0 aliphatic rings. The summed E-state index contributed by atoms with van der Waals surface area (Å²) in [5, 5.41) is 4.25. The number of hydrogen-bond donors (Lipinski definition) is 0. The van der Waals surface area contributed by atoms with Gasteiger partial charge in [0.1, 0.15) is 0 Å². The largest absolute Gasteiger partial charge is 0.305 e. The smallest absolute Gasteiger partial charge is 0.0794 e. The molecule has 0 atom stereocenters. The van der Waals surface area contributed by atoms with Gasteiger partial charge >= 0.3 is 0 Å². The first-order chi connectivity index (χ1) is 19.6. The van der Waals surface area contributed by atoms with Crippen LogP contribution in [0.15, 0.2) is 91.3 Å². The van der Waals surface area contributed by atoms with Crippen LogP contribution in [0.3, 0.4) is 0 Å². The molecule has 0 aliphatic heterocycles. The van der Waals surface area contributed by atoms with Gasteiger partial charge in [-0.1, -0.05) is 94.7 Å². The first-order valence-electron chi connectivity index (χ1n) is 14.4. The van der Waals surface area contributed by atoms with E-state index in [0.29, 0.717) is 11.8 Å². The number of nitrogens with zero attached hydrogens (tertiary/aromatic N) is 2. The second-order valence-electron chi connectivity index (χ2n) is 12.2. The zero-order valence-electron chi connectivity index (χ0n) is 25.5. The topological polar surface area (TPSA) is 25.8 Å². The van der Waals surface area contributed by atoms with Gasteiger partial charge < -0.3 is 9.97 Å². The van der Waals surface area contributed by atoms with Crippen molar-refractivity contribution in [2.75, 3.05) is 0 Å².